The average Bonchev–Trinajstić information content (AvgIpc) is 3.15. The summed E-state index contributed by atoms with van der Waals surface area (Å²) in [6.45, 7) is 4.51. The van der Waals surface area contributed by atoms with Crippen LogP contribution in [0, 0.1) is 23.0 Å². The van der Waals surface area contributed by atoms with Crippen LogP contribution in [0.25, 0.3) is 0 Å². The molecule has 0 saturated carbocycles. The van der Waals surface area contributed by atoms with Crippen molar-refractivity contribution in [1.82, 2.24) is 10.6 Å². The summed E-state index contributed by atoms with van der Waals surface area (Å²) in [6.07, 6.45) is 0.831. The molecule has 3 rings (SSSR count). The van der Waals surface area contributed by atoms with Crippen LogP contribution >= 0.6 is 0 Å². The van der Waals surface area contributed by atoms with Gasteiger partial charge in [0.25, 0.3) is 0 Å². The van der Waals surface area contributed by atoms with Gasteiger partial charge < -0.3 is 15.5 Å². The number of aliphatic imine (C=N–C) groups is 1. The van der Waals surface area contributed by atoms with Gasteiger partial charge in [0, 0.05) is 31.7 Å². The number of nitriles is 1. The summed E-state index contributed by atoms with van der Waals surface area (Å²) in [7, 11) is 0. The lowest BCUT2D eigenvalue weighted by Crippen LogP contribution is -2.44. The van der Waals surface area contributed by atoms with E-state index in [9.17, 15) is 8.78 Å². The van der Waals surface area contributed by atoms with Crippen molar-refractivity contribution in [3.05, 3.63) is 65.2 Å². The Hall–Kier alpha value is -3.14. The molecule has 0 spiro atoms. The molecule has 2 N–H and O–H groups in total. The predicted molar refractivity (Wildman–Crippen MR) is 106 cm³/mol. The monoisotopic (exact) mass is 383 g/mol. The molecule has 1 heterocycles. The van der Waals surface area contributed by atoms with Gasteiger partial charge in [0.2, 0.25) is 0 Å². The fourth-order valence-corrected chi connectivity index (χ4v) is 3.20. The summed E-state index contributed by atoms with van der Waals surface area (Å²) >= 11 is 0. The molecule has 0 bridgehead atoms. The number of anilines is 1. The van der Waals surface area contributed by atoms with E-state index in [2.05, 4.69) is 21.7 Å². The van der Waals surface area contributed by atoms with Gasteiger partial charge in [-0.15, -0.1) is 0 Å². The lowest BCUT2D eigenvalue weighted by molar-refractivity contribution is 0.580. The van der Waals surface area contributed by atoms with Gasteiger partial charge in [0.1, 0.15) is 11.6 Å². The molecule has 5 nitrogen and oxygen atoms in total. The molecule has 0 radical (unpaired) electrons. The van der Waals surface area contributed by atoms with Crippen LogP contribution in [-0.4, -0.2) is 31.6 Å². The van der Waals surface area contributed by atoms with Gasteiger partial charge in [0.15, 0.2) is 5.96 Å². The minimum atomic E-state index is -0.570. The molecule has 1 aliphatic heterocycles. The molecule has 0 aromatic heterocycles. The number of hydrogen-bond acceptors (Lipinski definition) is 3. The summed E-state index contributed by atoms with van der Waals surface area (Å²) in [5, 5.41) is 15.5. The fourth-order valence-electron chi connectivity index (χ4n) is 3.20. The Labute approximate surface area is 163 Å². The molecule has 1 saturated heterocycles. The van der Waals surface area contributed by atoms with Crippen LogP contribution in [0.5, 0.6) is 0 Å². The molecule has 1 atom stereocenters. The maximum Gasteiger partial charge on any atom is 0.191 e. The third kappa shape index (κ3) is 4.97. The van der Waals surface area contributed by atoms with Gasteiger partial charge in [-0.25, -0.2) is 13.8 Å². The molecule has 146 valence electrons. The average molecular weight is 383 g/mol. The van der Waals surface area contributed by atoms with Gasteiger partial charge in [-0.1, -0.05) is 12.1 Å². The van der Waals surface area contributed by atoms with Gasteiger partial charge in [-0.05, 0) is 43.2 Å². The minimum Gasteiger partial charge on any atom is -0.367 e. The predicted octanol–water partition coefficient (Wildman–Crippen LogP) is 3.17. The fraction of sp³-hybridized carbons (Fsp3) is 0.333. The van der Waals surface area contributed by atoms with E-state index in [4.69, 9.17) is 5.26 Å². The summed E-state index contributed by atoms with van der Waals surface area (Å²) in [5.74, 6) is -0.417. The van der Waals surface area contributed by atoms with Gasteiger partial charge >= 0.3 is 0 Å². The van der Waals surface area contributed by atoms with Crippen molar-refractivity contribution < 1.29 is 8.78 Å². The molecular formula is C21H23F2N5. The molecule has 0 aliphatic carbocycles. The van der Waals surface area contributed by atoms with Crippen LogP contribution in [0.4, 0.5) is 14.5 Å². The Bertz CT molecular complexity index is 873. The number of halogens is 2. The van der Waals surface area contributed by atoms with E-state index in [1.54, 1.807) is 12.1 Å². The number of rotatable bonds is 5. The zero-order chi connectivity index (χ0) is 19.9. The van der Waals surface area contributed by atoms with E-state index in [1.165, 1.54) is 12.1 Å². The molecule has 2 aromatic rings. The van der Waals surface area contributed by atoms with Crippen molar-refractivity contribution in [2.24, 2.45) is 4.99 Å². The number of hydrogen-bond donors (Lipinski definition) is 2. The number of benzene rings is 2. The van der Waals surface area contributed by atoms with Crippen molar-refractivity contribution >= 4 is 11.6 Å². The first kappa shape index (κ1) is 19.6. The van der Waals surface area contributed by atoms with Crippen molar-refractivity contribution in [2.75, 3.05) is 24.5 Å². The Morgan fingerprint density at radius 2 is 2.04 bits per heavy atom. The Morgan fingerprint density at radius 3 is 2.71 bits per heavy atom. The third-order valence-electron chi connectivity index (χ3n) is 4.63. The van der Waals surface area contributed by atoms with Crippen LogP contribution in [0.1, 0.15) is 24.5 Å². The summed E-state index contributed by atoms with van der Waals surface area (Å²) < 4.78 is 27.1. The summed E-state index contributed by atoms with van der Waals surface area (Å²) in [6, 6.07) is 13.2. The molecule has 1 unspecified atom stereocenters. The standard InChI is InChI=1S/C21H23F2N5/c1-2-25-21(26-13-16-5-3-15(12-24)4-6-16)27-18-9-10-28(14-18)20-8-7-17(22)11-19(20)23/h3-8,11,18H,2,9-10,13-14H2,1H3,(H2,25,26,27). The van der Waals surface area contributed by atoms with E-state index in [-0.39, 0.29) is 6.04 Å². The van der Waals surface area contributed by atoms with Crippen LogP contribution in [-0.2, 0) is 6.54 Å². The Balaban J connectivity index is 1.61. The zero-order valence-corrected chi connectivity index (χ0v) is 15.8. The molecule has 0 amide bonds. The highest BCUT2D eigenvalue weighted by Crippen LogP contribution is 2.24. The number of nitrogens with one attached hydrogen (secondary N) is 2. The maximum absolute atomic E-state index is 14.0. The first-order valence-electron chi connectivity index (χ1n) is 9.33. The molecule has 1 fully saturated rings. The van der Waals surface area contributed by atoms with E-state index in [0.717, 1.165) is 24.6 Å². The van der Waals surface area contributed by atoms with Crippen LogP contribution in [0.3, 0.4) is 0 Å². The molecule has 2 aromatic carbocycles. The van der Waals surface area contributed by atoms with Crippen molar-refractivity contribution in [1.29, 1.82) is 5.26 Å². The smallest absolute Gasteiger partial charge is 0.191 e. The molecule has 28 heavy (non-hydrogen) atoms. The highest BCUT2D eigenvalue weighted by Gasteiger charge is 2.25. The van der Waals surface area contributed by atoms with E-state index >= 15 is 0 Å². The Kier molecular flexibility index (Phi) is 6.43. The summed E-state index contributed by atoms with van der Waals surface area (Å²) in [5.41, 5.74) is 2.06. The van der Waals surface area contributed by atoms with Crippen LogP contribution in [0.15, 0.2) is 47.5 Å². The quantitative estimate of drug-likeness (QED) is 0.615. The largest absolute Gasteiger partial charge is 0.367 e. The first-order valence-corrected chi connectivity index (χ1v) is 9.33. The second-order valence-electron chi connectivity index (χ2n) is 6.68. The zero-order valence-electron chi connectivity index (χ0n) is 15.8. The Morgan fingerprint density at radius 1 is 1.25 bits per heavy atom. The SMILES string of the molecule is CCNC(=NCc1ccc(C#N)cc1)NC1CCN(c2ccc(F)cc2F)C1. The van der Waals surface area contributed by atoms with Crippen LogP contribution in [0.2, 0.25) is 0 Å². The molecule has 1 aliphatic rings. The molecular weight excluding hydrogens is 360 g/mol. The number of guanidine groups is 1. The lowest BCUT2D eigenvalue weighted by Gasteiger charge is -2.21. The van der Waals surface area contributed by atoms with E-state index < -0.39 is 11.6 Å². The highest BCUT2D eigenvalue weighted by molar-refractivity contribution is 5.80. The first-order chi connectivity index (χ1) is 13.6. The van der Waals surface area contributed by atoms with Gasteiger partial charge in [-0.3, -0.25) is 0 Å². The number of nitrogens with zero attached hydrogens (tertiary/aromatic N) is 3. The van der Waals surface area contributed by atoms with Crippen LogP contribution < -0.4 is 15.5 Å². The highest BCUT2D eigenvalue weighted by atomic mass is 19.1. The summed E-state index contributed by atoms with van der Waals surface area (Å²) in [4.78, 5) is 6.51. The molecule has 7 heteroatoms. The topological polar surface area (TPSA) is 63.5 Å². The lowest BCUT2D eigenvalue weighted by atomic mass is 10.1. The van der Waals surface area contributed by atoms with Crippen molar-refractivity contribution in [2.45, 2.75) is 25.9 Å². The van der Waals surface area contributed by atoms with Gasteiger partial charge in [-0.2, -0.15) is 5.26 Å². The van der Waals surface area contributed by atoms with Crippen molar-refractivity contribution in [3.8, 4) is 6.07 Å². The van der Waals surface area contributed by atoms with E-state index in [0.29, 0.717) is 36.8 Å². The van der Waals surface area contributed by atoms with Gasteiger partial charge in [0.05, 0.1) is 23.9 Å². The van der Waals surface area contributed by atoms with E-state index in [1.807, 2.05) is 24.0 Å². The second kappa shape index (κ2) is 9.18. The third-order valence-corrected chi connectivity index (χ3v) is 4.63. The second-order valence-corrected chi connectivity index (χ2v) is 6.68. The van der Waals surface area contributed by atoms with Crippen molar-refractivity contribution in [3.63, 3.8) is 0 Å². The normalized spacial score (nSPS) is 16.7. The maximum atomic E-state index is 14.0. The minimum absolute atomic E-state index is 0.114.